The number of thiazole rings is 1. The molecule has 0 aromatic carbocycles. The highest BCUT2D eigenvalue weighted by Gasteiger charge is 2.24. The van der Waals surface area contributed by atoms with E-state index in [1.807, 2.05) is 30.4 Å². The van der Waals surface area contributed by atoms with E-state index in [0.29, 0.717) is 5.92 Å². The smallest absolute Gasteiger partial charge is 0.193 e. The fourth-order valence-electron chi connectivity index (χ4n) is 2.49. The summed E-state index contributed by atoms with van der Waals surface area (Å²) < 4.78 is 6.69. The van der Waals surface area contributed by atoms with Crippen molar-refractivity contribution >= 4 is 29.1 Å². The van der Waals surface area contributed by atoms with Crippen LogP contribution in [-0.4, -0.2) is 61.5 Å². The molecule has 0 spiro atoms. The number of ether oxygens (including phenoxy) is 1. The molecule has 0 radical (unpaired) electrons. The first-order valence-electron chi connectivity index (χ1n) is 7.89. The van der Waals surface area contributed by atoms with Crippen molar-refractivity contribution in [1.29, 1.82) is 0 Å². The number of aliphatic imine (C=N–C) groups is 1. The van der Waals surface area contributed by atoms with Crippen molar-refractivity contribution < 1.29 is 4.74 Å². The lowest BCUT2D eigenvalue weighted by Crippen LogP contribution is -2.40. The normalized spacial score (nSPS) is 18.9. The van der Waals surface area contributed by atoms with Crippen molar-refractivity contribution in [3.63, 3.8) is 0 Å². The maximum Gasteiger partial charge on any atom is 0.193 e. The van der Waals surface area contributed by atoms with Gasteiger partial charge in [0.1, 0.15) is 4.34 Å². The van der Waals surface area contributed by atoms with Gasteiger partial charge in [0.2, 0.25) is 0 Å². The molecular weight excluding hydrogens is 316 g/mol. The fourth-order valence-corrected chi connectivity index (χ4v) is 4.14. The molecule has 1 unspecified atom stereocenters. The molecule has 1 saturated heterocycles. The zero-order chi connectivity index (χ0) is 15.6. The predicted octanol–water partition coefficient (Wildman–Crippen LogP) is 2.56. The van der Waals surface area contributed by atoms with Gasteiger partial charge in [-0.1, -0.05) is 11.8 Å². The third-order valence-electron chi connectivity index (χ3n) is 3.59. The Morgan fingerprint density at radius 3 is 3.27 bits per heavy atom. The number of aromatic nitrogens is 1. The molecule has 0 saturated carbocycles. The van der Waals surface area contributed by atoms with Crippen LogP contribution in [-0.2, 0) is 4.74 Å². The zero-order valence-corrected chi connectivity index (χ0v) is 15.1. The van der Waals surface area contributed by atoms with Crippen molar-refractivity contribution in [2.45, 2.75) is 24.1 Å². The highest BCUT2D eigenvalue weighted by Crippen LogP contribution is 2.20. The molecular formula is C15H26N4OS2. The van der Waals surface area contributed by atoms with Gasteiger partial charge >= 0.3 is 0 Å². The Balaban J connectivity index is 1.61. The molecule has 2 rings (SSSR count). The van der Waals surface area contributed by atoms with Crippen LogP contribution in [0.15, 0.2) is 20.9 Å². The summed E-state index contributed by atoms with van der Waals surface area (Å²) in [7, 11) is 1.86. The van der Waals surface area contributed by atoms with E-state index in [0.717, 1.165) is 55.3 Å². The van der Waals surface area contributed by atoms with Crippen LogP contribution >= 0.6 is 23.1 Å². The van der Waals surface area contributed by atoms with E-state index in [4.69, 9.17) is 4.74 Å². The largest absolute Gasteiger partial charge is 0.381 e. The van der Waals surface area contributed by atoms with Gasteiger partial charge in [0, 0.05) is 56.5 Å². The standard InChI is InChI=1S/C15H26N4OS2/c1-3-20-12-13-5-8-19(11-13)14(16-2)17-6-4-9-21-15-18-7-10-22-15/h7,10,13H,3-6,8-9,11-12H2,1-2H3,(H,16,17). The molecule has 1 aromatic heterocycles. The number of nitrogens with one attached hydrogen (secondary N) is 1. The second-order valence-corrected chi connectivity index (χ2v) is 7.47. The van der Waals surface area contributed by atoms with Gasteiger partial charge in [-0.15, -0.1) is 11.3 Å². The summed E-state index contributed by atoms with van der Waals surface area (Å²) in [5.41, 5.74) is 0. The van der Waals surface area contributed by atoms with Crippen molar-refractivity contribution in [2.24, 2.45) is 10.9 Å². The molecule has 1 aromatic rings. The Bertz CT molecular complexity index is 439. The number of likely N-dealkylation sites (tertiary alicyclic amines) is 1. The summed E-state index contributed by atoms with van der Waals surface area (Å²) in [6, 6.07) is 0. The second-order valence-electron chi connectivity index (χ2n) is 5.23. The van der Waals surface area contributed by atoms with E-state index in [2.05, 4.69) is 27.1 Å². The number of nitrogens with zero attached hydrogens (tertiary/aromatic N) is 3. The van der Waals surface area contributed by atoms with Gasteiger partial charge in [-0.3, -0.25) is 4.99 Å². The van der Waals surface area contributed by atoms with Crippen molar-refractivity contribution in [3.05, 3.63) is 11.6 Å². The molecule has 1 fully saturated rings. The zero-order valence-electron chi connectivity index (χ0n) is 13.5. The summed E-state index contributed by atoms with van der Waals surface area (Å²) in [6.07, 6.45) is 4.17. The van der Waals surface area contributed by atoms with Crippen LogP contribution in [0.2, 0.25) is 0 Å². The van der Waals surface area contributed by atoms with Gasteiger partial charge in [-0.05, 0) is 19.8 Å². The molecule has 2 heterocycles. The van der Waals surface area contributed by atoms with Crippen LogP contribution in [0.25, 0.3) is 0 Å². The molecule has 124 valence electrons. The Kier molecular flexibility index (Phi) is 8.04. The quantitative estimate of drug-likeness (QED) is 0.340. The first-order chi connectivity index (χ1) is 10.8. The van der Waals surface area contributed by atoms with Crippen LogP contribution in [0.1, 0.15) is 19.8 Å². The van der Waals surface area contributed by atoms with E-state index in [9.17, 15) is 0 Å². The minimum Gasteiger partial charge on any atom is -0.381 e. The Labute approximate surface area is 141 Å². The molecule has 0 amide bonds. The van der Waals surface area contributed by atoms with Crippen LogP contribution < -0.4 is 5.32 Å². The number of hydrogen-bond donors (Lipinski definition) is 1. The Hall–Kier alpha value is -0.790. The van der Waals surface area contributed by atoms with Gasteiger partial charge < -0.3 is 15.0 Å². The number of guanidine groups is 1. The number of thioether (sulfide) groups is 1. The lowest BCUT2D eigenvalue weighted by molar-refractivity contribution is 0.114. The van der Waals surface area contributed by atoms with Gasteiger partial charge in [-0.2, -0.15) is 0 Å². The molecule has 1 atom stereocenters. The van der Waals surface area contributed by atoms with Crippen molar-refractivity contribution in [1.82, 2.24) is 15.2 Å². The average Bonchev–Trinajstić information content (AvgIpc) is 3.20. The summed E-state index contributed by atoms with van der Waals surface area (Å²) in [5.74, 6) is 2.75. The third kappa shape index (κ3) is 5.78. The maximum atomic E-state index is 5.53. The maximum absolute atomic E-state index is 5.53. The van der Waals surface area contributed by atoms with Crippen molar-refractivity contribution in [2.75, 3.05) is 45.6 Å². The molecule has 22 heavy (non-hydrogen) atoms. The highest BCUT2D eigenvalue weighted by molar-refractivity contribution is 8.00. The lowest BCUT2D eigenvalue weighted by atomic mass is 10.1. The molecule has 1 aliphatic rings. The molecule has 0 bridgehead atoms. The van der Waals surface area contributed by atoms with E-state index in [-0.39, 0.29) is 0 Å². The molecule has 1 N–H and O–H groups in total. The molecule has 5 nitrogen and oxygen atoms in total. The summed E-state index contributed by atoms with van der Waals surface area (Å²) >= 11 is 3.53. The van der Waals surface area contributed by atoms with Gasteiger partial charge in [0.05, 0.1) is 6.61 Å². The van der Waals surface area contributed by atoms with E-state index in [1.54, 1.807) is 11.3 Å². The van der Waals surface area contributed by atoms with Crippen LogP contribution in [0, 0.1) is 5.92 Å². The van der Waals surface area contributed by atoms with Crippen LogP contribution in [0.5, 0.6) is 0 Å². The first-order valence-corrected chi connectivity index (χ1v) is 9.75. The number of hydrogen-bond acceptors (Lipinski definition) is 5. The molecule has 1 aliphatic heterocycles. The predicted molar refractivity (Wildman–Crippen MR) is 95.0 cm³/mol. The van der Waals surface area contributed by atoms with Crippen LogP contribution in [0.3, 0.4) is 0 Å². The van der Waals surface area contributed by atoms with Gasteiger partial charge in [-0.25, -0.2) is 4.98 Å². The molecule has 0 aliphatic carbocycles. The summed E-state index contributed by atoms with van der Waals surface area (Å²) in [6.45, 7) is 6.81. The van der Waals surface area contributed by atoms with E-state index >= 15 is 0 Å². The Morgan fingerprint density at radius 1 is 1.64 bits per heavy atom. The summed E-state index contributed by atoms with van der Waals surface area (Å²) in [4.78, 5) is 11.0. The van der Waals surface area contributed by atoms with Gasteiger partial charge in [0.25, 0.3) is 0 Å². The number of rotatable bonds is 8. The fraction of sp³-hybridized carbons (Fsp3) is 0.733. The first kappa shape index (κ1) is 17.6. The lowest BCUT2D eigenvalue weighted by Gasteiger charge is -2.21. The minimum atomic E-state index is 0.638. The van der Waals surface area contributed by atoms with Crippen LogP contribution in [0.4, 0.5) is 0 Å². The topological polar surface area (TPSA) is 49.8 Å². The Morgan fingerprint density at radius 2 is 2.55 bits per heavy atom. The summed E-state index contributed by atoms with van der Waals surface area (Å²) in [5, 5.41) is 5.50. The monoisotopic (exact) mass is 342 g/mol. The second kappa shape index (κ2) is 10.1. The average molecular weight is 343 g/mol. The minimum absolute atomic E-state index is 0.638. The van der Waals surface area contributed by atoms with E-state index < -0.39 is 0 Å². The van der Waals surface area contributed by atoms with Gasteiger partial charge in [0.15, 0.2) is 5.96 Å². The van der Waals surface area contributed by atoms with Crippen molar-refractivity contribution in [3.8, 4) is 0 Å². The highest BCUT2D eigenvalue weighted by atomic mass is 32.2. The van der Waals surface area contributed by atoms with E-state index in [1.165, 1.54) is 6.42 Å². The molecule has 7 heteroatoms. The third-order valence-corrected chi connectivity index (χ3v) is 5.65. The SMILES string of the molecule is CCOCC1CCN(C(=NC)NCCCSc2nccs2)C1.